The lowest BCUT2D eigenvalue weighted by molar-refractivity contribution is -0.161. The second-order valence-electron chi connectivity index (χ2n) is 7.89. The quantitative estimate of drug-likeness (QED) is 0.620. The van der Waals surface area contributed by atoms with E-state index in [1.165, 1.54) is 6.08 Å². The van der Waals surface area contributed by atoms with Crippen LogP contribution in [0.3, 0.4) is 0 Å². The molecule has 0 bridgehead atoms. The topological polar surface area (TPSA) is 73.9 Å². The van der Waals surface area contributed by atoms with E-state index in [0.717, 1.165) is 16.6 Å². The summed E-state index contributed by atoms with van der Waals surface area (Å²) >= 11 is 0. The van der Waals surface area contributed by atoms with Gasteiger partial charge in [-0.05, 0) is 32.1 Å². The maximum atomic E-state index is 12.1. The Hall–Kier alpha value is -3.13. The van der Waals surface area contributed by atoms with Crippen LogP contribution >= 0.6 is 0 Å². The van der Waals surface area contributed by atoms with Crippen LogP contribution < -0.4 is 4.74 Å². The second kappa shape index (κ2) is 7.36. The van der Waals surface area contributed by atoms with Gasteiger partial charge in [0.05, 0.1) is 24.5 Å². The average Bonchev–Trinajstić information content (AvgIpc) is 3.32. The van der Waals surface area contributed by atoms with Crippen molar-refractivity contribution >= 4 is 11.4 Å². The Morgan fingerprint density at radius 3 is 2.93 bits per heavy atom. The highest BCUT2D eigenvalue weighted by molar-refractivity contribution is 5.87. The number of fused-ring (bicyclic) bond motifs is 1. The van der Waals surface area contributed by atoms with E-state index in [1.54, 1.807) is 26.5 Å². The van der Waals surface area contributed by atoms with E-state index in [0.29, 0.717) is 25.4 Å². The lowest BCUT2D eigenvalue weighted by Crippen LogP contribution is -2.55. The normalized spacial score (nSPS) is 18.7. The summed E-state index contributed by atoms with van der Waals surface area (Å²) in [5.41, 5.74) is 2.35. The third-order valence-corrected chi connectivity index (χ3v) is 4.90. The molecule has 0 N–H and O–H groups in total. The van der Waals surface area contributed by atoms with Crippen molar-refractivity contribution in [2.75, 3.05) is 19.7 Å². The van der Waals surface area contributed by atoms with E-state index in [4.69, 9.17) is 9.47 Å². The van der Waals surface area contributed by atoms with E-state index >= 15 is 0 Å². The molecule has 1 aliphatic rings. The van der Waals surface area contributed by atoms with Gasteiger partial charge < -0.3 is 14.4 Å². The Bertz CT molecular complexity index is 1050. The first-order chi connectivity index (χ1) is 13.8. The minimum Gasteiger partial charge on any atom is -0.489 e. The van der Waals surface area contributed by atoms with Gasteiger partial charge in [-0.25, -0.2) is 4.52 Å². The number of aromatic nitrogens is 4. The van der Waals surface area contributed by atoms with Crippen LogP contribution in [-0.2, 0) is 16.6 Å². The van der Waals surface area contributed by atoms with Crippen molar-refractivity contribution in [3.63, 3.8) is 0 Å². The Labute approximate surface area is 169 Å². The Kier molecular flexibility index (Phi) is 4.87. The van der Waals surface area contributed by atoms with Gasteiger partial charge >= 0.3 is 0 Å². The smallest absolute Gasteiger partial charge is 0.246 e. The van der Waals surface area contributed by atoms with Gasteiger partial charge in [0.15, 0.2) is 0 Å². The molecule has 0 unspecified atom stereocenters. The van der Waals surface area contributed by atoms with Crippen molar-refractivity contribution in [3.8, 4) is 16.9 Å². The predicted octanol–water partition coefficient (Wildman–Crippen LogP) is 2.31. The largest absolute Gasteiger partial charge is 0.489 e. The maximum absolute atomic E-state index is 12.1. The van der Waals surface area contributed by atoms with Gasteiger partial charge in [-0.15, -0.1) is 0 Å². The number of carbonyl (C=O) groups is 1. The van der Waals surface area contributed by atoms with Crippen LogP contribution in [0.25, 0.3) is 16.6 Å². The zero-order valence-corrected chi connectivity index (χ0v) is 16.9. The van der Waals surface area contributed by atoms with Crippen LogP contribution in [0.4, 0.5) is 0 Å². The number of nitrogens with zero attached hydrogens (tertiary/aromatic N) is 5. The number of rotatable bonds is 5. The number of ether oxygens (including phenoxy) is 2. The van der Waals surface area contributed by atoms with Crippen LogP contribution in [0, 0.1) is 0 Å². The molecule has 0 saturated carbocycles. The lowest BCUT2D eigenvalue weighted by atomic mass is 10.1. The highest BCUT2D eigenvalue weighted by atomic mass is 16.6. The molecule has 8 heteroatoms. The molecule has 1 saturated heterocycles. The number of morpholine rings is 1. The molecule has 29 heavy (non-hydrogen) atoms. The molecule has 0 aromatic carbocycles. The molecular formula is C21H25N5O3. The number of hydrogen-bond donors (Lipinski definition) is 0. The van der Waals surface area contributed by atoms with Gasteiger partial charge in [-0.2, -0.15) is 10.2 Å². The van der Waals surface area contributed by atoms with E-state index in [-0.39, 0.29) is 12.0 Å². The summed E-state index contributed by atoms with van der Waals surface area (Å²) in [7, 11) is 1.88. The Morgan fingerprint density at radius 2 is 2.21 bits per heavy atom. The molecule has 152 valence electrons. The predicted molar refractivity (Wildman–Crippen MR) is 109 cm³/mol. The monoisotopic (exact) mass is 395 g/mol. The van der Waals surface area contributed by atoms with Crippen LogP contribution in [0.15, 0.2) is 49.6 Å². The fourth-order valence-corrected chi connectivity index (χ4v) is 3.70. The minimum atomic E-state index is -0.450. The molecule has 0 radical (unpaired) electrons. The van der Waals surface area contributed by atoms with E-state index < -0.39 is 5.60 Å². The molecule has 1 fully saturated rings. The Morgan fingerprint density at radius 1 is 1.38 bits per heavy atom. The van der Waals surface area contributed by atoms with Crippen LogP contribution in [0.2, 0.25) is 0 Å². The minimum absolute atomic E-state index is 0.0943. The first kappa shape index (κ1) is 19.2. The summed E-state index contributed by atoms with van der Waals surface area (Å²) in [6.45, 7) is 8.85. The number of carbonyl (C=O) groups excluding carboxylic acids is 1. The third-order valence-electron chi connectivity index (χ3n) is 4.90. The van der Waals surface area contributed by atoms with Crippen molar-refractivity contribution in [1.29, 1.82) is 0 Å². The van der Waals surface area contributed by atoms with Gasteiger partial charge in [-0.3, -0.25) is 9.48 Å². The summed E-state index contributed by atoms with van der Waals surface area (Å²) in [5, 5.41) is 8.59. The van der Waals surface area contributed by atoms with Gasteiger partial charge in [0.25, 0.3) is 0 Å². The van der Waals surface area contributed by atoms with Crippen molar-refractivity contribution in [3.05, 3.63) is 49.6 Å². The number of amides is 1. The van der Waals surface area contributed by atoms with Gasteiger partial charge in [0.2, 0.25) is 5.91 Å². The first-order valence-electron chi connectivity index (χ1n) is 9.53. The molecule has 1 aliphatic heterocycles. The fourth-order valence-electron chi connectivity index (χ4n) is 3.70. The van der Waals surface area contributed by atoms with Crippen LogP contribution in [0.5, 0.6) is 5.75 Å². The number of hydrogen-bond acceptors (Lipinski definition) is 5. The molecule has 0 aliphatic carbocycles. The summed E-state index contributed by atoms with van der Waals surface area (Å²) in [5.74, 6) is 0.612. The summed E-state index contributed by atoms with van der Waals surface area (Å²) in [4.78, 5) is 13.9. The zero-order valence-electron chi connectivity index (χ0n) is 16.9. The summed E-state index contributed by atoms with van der Waals surface area (Å²) in [6.07, 6.45) is 8.53. The highest BCUT2D eigenvalue weighted by Gasteiger charge is 2.35. The van der Waals surface area contributed by atoms with Crippen molar-refractivity contribution in [2.24, 2.45) is 7.05 Å². The first-order valence-corrected chi connectivity index (χ1v) is 9.53. The fraction of sp³-hybridized carbons (Fsp3) is 0.381. The highest BCUT2D eigenvalue weighted by Crippen LogP contribution is 2.29. The maximum Gasteiger partial charge on any atom is 0.246 e. The van der Waals surface area contributed by atoms with Gasteiger partial charge in [0.1, 0.15) is 24.0 Å². The van der Waals surface area contributed by atoms with Gasteiger partial charge in [0, 0.05) is 37.1 Å². The molecule has 1 atom stereocenters. The molecular weight excluding hydrogens is 370 g/mol. The lowest BCUT2D eigenvalue weighted by Gasteiger charge is -2.42. The Balaban J connectivity index is 1.57. The SMILES string of the molecule is C=CC(=O)N1C[C@H](COc2cc(-c3cnn(C)c3)cn3nccc23)OC(C)(C)C1. The molecule has 4 rings (SSSR count). The molecule has 3 aromatic rings. The van der Waals surface area contributed by atoms with E-state index in [1.807, 2.05) is 45.4 Å². The molecule has 4 heterocycles. The van der Waals surface area contributed by atoms with Crippen molar-refractivity contribution in [1.82, 2.24) is 24.3 Å². The number of aryl methyl sites for hydroxylation is 1. The standard InChI is InChI=1S/C21H25N5O3/c1-5-20(27)25-12-17(29-21(2,3)14-25)13-28-19-8-15(16-9-23-24(4)10-16)11-26-18(19)6-7-22-26/h5-11,17H,1,12-14H2,2-4H3/t17-/m1/s1. The molecule has 3 aromatic heterocycles. The molecule has 8 nitrogen and oxygen atoms in total. The third kappa shape index (κ3) is 4.02. The van der Waals surface area contributed by atoms with E-state index in [2.05, 4.69) is 16.8 Å². The zero-order chi connectivity index (χ0) is 20.6. The van der Waals surface area contributed by atoms with Gasteiger partial charge in [-0.1, -0.05) is 6.58 Å². The summed E-state index contributed by atoms with van der Waals surface area (Å²) < 4.78 is 15.9. The van der Waals surface area contributed by atoms with E-state index in [9.17, 15) is 4.79 Å². The average molecular weight is 395 g/mol. The molecule has 1 amide bonds. The van der Waals surface area contributed by atoms with Crippen molar-refractivity contribution < 1.29 is 14.3 Å². The molecule has 0 spiro atoms. The second-order valence-corrected chi connectivity index (χ2v) is 7.89. The van der Waals surface area contributed by atoms with Crippen molar-refractivity contribution in [2.45, 2.75) is 25.6 Å². The summed E-state index contributed by atoms with van der Waals surface area (Å²) in [6, 6.07) is 3.89. The van der Waals surface area contributed by atoms with Crippen LogP contribution in [0.1, 0.15) is 13.8 Å². The number of pyridine rings is 1. The van der Waals surface area contributed by atoms with Crippen LogP contribution in [-0.4, -0.2) is 61.6 Å².